The number of carbonyl (C=O) groups is 2. The predicted octanol–water partition coefficient (Wildman–Crippen LogP) is 1.66. The van der Waals surface area contributed by atoms with Gasteiger partial charge in [0, 0.05) is 23.1 Å². The first-order valence-corrected chi connectivity index (χ1v) is 10.0. The normalized spacial score (nSPS) is 32.2. The van der Waals surface area contributed by atoms with E-state index in [1.807, 2.05) is 0 Å². The zero-order valence-electron chi connectivity index (χ0n) is 15.8. The first kappa shape index (κ1) is 19.9. The van der Waals surface area contributed by atoms with Gasteiger partial charge in [0.25, 0.3) is 5.91 Å². The van der Waals surface area contributed by atoms with Crippen LogP contribution in [-0.2, 0) is 9.59 Å². The van der Waals surface area contributed by atoms with Gasteiger partial charge in [-0.3, -0.25) is 9.59 Å². The molecule has 9 heteroatoms. The van der Waals surface area contributed by atoms with E-state index in [0.29, 0.717) is 32.2 Å². The number of nitrogens with one attached hydrogen (secondary N) is 3. The second-order valence-electron chi connectivity index (χ2n) is 8.35. The van der Waals surface area contributed by atoms with Crippen molar-refractivity contribution < 1.29 is 18.7 Å². The van der Waals surface area contributed by atoms with Gasteiger partial charge in [-0.05, 0) is 50.8 Å². The van der Waals surface area contributed by atoms with E-state index < -0.39 is 5.82 Å². The maximum absolute atomic E-state index is 13.4. The number of amides is 2. The molecule has 1 saturated heterocycles. The van der Waals surface area contributed by atoms with Crippen LogP contribution < -0.4 is 20.7 Å². The zero-order chi connectivity index (χ0) is 20.6. The lowest BCUT2D eigenvalue weighted by Crippen LogP contribution is -2.84. The summed E-state index contributed by atoms with van der Waals surface area (Å²) in [6, 6.07) is 5.92. The van der Waals surface area contributed by atoms with Crippen molar-refractivity contribution in [3.8, 4) is 11.8 Å². The molecule has 1 aromatic carbocycles. The fraction of sp³-hybridized carbons (Fsp3) is 0.550. The number of rotatable bonds is 6. The predicted molar refractivity (Wildman–Crippen MR) is 103 cm³/mol. The SMILES string of the molecule is N#CC1CCNC(C(=O)NC23CC(NC(=O)COc4ccc(Cl)c(F)c4)(C2)C3)C1. The summed E-state index contributed by atoms with van der Waals surface area (Å²) in [5.41, 5.74) is -0.556. The van der Waals surface area contributed by atoms with E-state index >= 15 is 0 Å². The molecule has 1 aromatic rings. The quantitative estimate of drug-likeness (QED) is 0.649. The summed E-state index contributed by atoms with van der Waals surface area (Å²) in [6.45, 7) is 0.449. The first-order chi connectivity index (χ1) is 13.8. The van der Waals surface area contributed by atoms with E-state index in [4.69, 9.17) is 21.6 Å². The molecule has 29 heavy (non-hydrogen) atoms. The van der Waals surface area contributed by atoms with Crippen molar-refractivity contribution in [2.75, 3.05) is 13.2 Å². The molecule has 4 aliphatic rings. The molecule has 1 heterocycles. The van der Waals surface area contributed by atoms with Gasteiger partial charge in [0.15, 0.2) is 6.61 Å². The molecule has 3 saturated carbocycles. The molecule has 2 amide bonds. The molecule has 0 spiro atoms. The topological polar surface area (TPSA) is 103 Å². The first-order valence-electron chi connectivity index (χ1n) is 9.66. The summed E-state index contributed by atoms with van der Waals surface area (Å²) in [6.07, 6.45) is 3.35. The largest absolute Gasteiger partial charge is 0.484 e. The Morgan fingerprint density at radius 3 is 2.72 bits per heavy atom. The van der Waals surface area contributed by atoms with Crippen molar-refractivity contribution in [3.05, 3.63) is 29.0 Å². The number of benzene rings is 1. The number of halogens is 2. The highest BCUT2D eigenvalue weighted by Gasteiger charge is 2.69. The lowest BCUT2D eigenvalue weighted by molar-refractivity contribution is -0.151. The molecule has 2 atom stereocenters. The van der Waals surface area contributed by atoms with Crippen molar-refractivity contribution in [1.29, 1.82) is 5.26 Å². The molecule has 1 aliphatic heterocycles. The Morgan fingerprint density at radius 1 is 1.31 bits per heavy atom. The minimum Gasteiger partial charge on any atom is -0.484 e. The Balaban J connectivity index is 1.20. The third kappa shape index (κ3) is 4.02. The molecule has 0 radical (unpaired) electrons. The van der Waals surface area contributed by atoms with Crippen LogP contribution in [0.1, 0.15) is 32.1 Å². The summed E-state index contributed by atoms with van der Waals surface area (Å²) in [7, 11) is 0. The van der Waals surface area contributed by atoms with Crippen LogP contribution in [0.15, 0.2) is 18.2 Å². The van der Waals surface area contributed by atoms with Gasteiger partial charge in [-0.25, -0.2) is 4.39 Å². The van der Waals surface area contributed by atoms with Crippen LogP contribution in [0.2, 0.25) is 5.02 Å². The molecule has 5 rings (SSSR count). The van der Waals surface area contributed by atoms with Gasteiger partial charge >= 0.3 is 0 Å². The van der Waals surface area contributed by atoms with Crippen molar-refractivity contribution in [1.82, 2.24) is 16.0 Å². The van der Waals surface area contributed by atoms with Gasteiger partial charge in [-0.2, -0.15) is 5.26 Å². The van der Waals surface area contributed by atoms with E-state index in [1.54, 1.807) is 0 Å². The van der Waals surface area contributed by atoms with Crippen molar-refractivity contribution in [2.45, 2.75) is 49.2 Å². The van der Waals surface area contributed by atoms with Crippen LogP contribution in [0.5, 0.6) is 5.75 Å². The van der Waals surface area contributed by atoms with Crippen molar-refractivity contribution in [2.24, 2.45) is 5.92 Å². The number of nitriles is 1. The van der Waals surface area contributed by atoms with E-state index in [2.05, 4.69) is 22.0 Å². The van der Waals surface area contributed by atoms with Gasteiger partial charge in [0.1, 0.15) is 11.6 Å². The van der Waals surface area contributed by atoms with Crippen LogP contribution >= 0.6 is 11.6 Å². The maximum Gasteiger partial charge on any atom is 0.258 e. The number of ether oxygens (including phenoxy) is 1. The monoisotopic (exact) mass is 420 g/mol. The summed E-state index contributed by atoms with van der Waals surface area (Å²) >= 11 is 5.62. The van der Waals surface area contributed by atoms with Crippen LogP contribution in [0.25, 0.3) is 0 Å². The molecule has 2 bridgehead atoms. The molecular formula is C20H22ClFN4O3. The fourth-order valence-corrected chi connectivity index (χ4v) is 4.80. The number of hydrogen-bond donors (Lipinski definition) is 3. The van der Waals surface area contributed by atoms with E-state index in [0.717, 1.165) is 12.5 Å². The van der Waals surface area contributed by atoms with Gasteiger partial charge in [0.2, 0.25) is 5.91 Å². The van der Waals surface area contributed by atoms with E-state index in [-0.39, 0.29) is 52.2 Å². The van der Waals surface area contributed by atoms with Gasteiger partial charge in [-0.1, -0.05) is 11.6 Å². The average Bonchev–Trinajstić information content (AvgIpc) is 2.66. The molecule has 7 nitrogen and oxygen atoms in total. The Kier molecular flexibility index (Phi) is 5.13. The Labute approximate surface area is 172 Å². The maximum atomic E-state index is 13.4. The van der Waals surface area contributed by atoms with E-state index in [9.17, 15) is 14.0 Å². The molecule has 4 fully saturated rings. The summed E-state index contributed by atoms with van der Waals surface area (Å²) in [5, 5.41) is 18.3. The van der Waals surface area contributed by atoms with Gasteiger partial charge < -0.3 is 20.7 Å². The number of carbonyl (C=O) groups excluding carboxylic acids is 2. The molecular weight excluding hydrogens is 399 g/mol. The highest BCUT2D eigenvalue weighted by atomic mass is 35.5. The minimum atomic E-state index is -0.602. The Morgan fingerprint density at radius 2 is 2.03 bits per heavy atom. The molecule has 154 valence electrons. The molecule has 3 aliphatic carbocycles. The van der Waals surface area contributed by atoms with Crippen LogP contribution in [0, 0.1) is 23.1 Å². The van der Waals surface area contributed by atoms with Crippen LogP contribution in [0.4, 0.5) is 4.39 Å². The van der Waals surface area contributed by atoms with Gasteiger partial charge in [0.05, 0.1) is 17.1 Å². The number of piperidine rings is 1. The summed E-state index contributed by atoms with van der Waals surface area (Å²) < 4.78 is 18.7. The van der Waals surface area contributed by atoms with E-state index in [1.165, 1.54) is 12.1 Å². The average molecular weight is 421 g/mol. The number of nitrogens with zero attached hydrogens (tertiary/aromatic N) is 1. The standard InChI is InChI=1S/C20H22ClFN4O3/c21-14-2-1-13(6-15(14)22)29-8-17(27)25-19-9-20(10-19,11-19)26-18(28)16-5-12(7-23)3-4-24-16/h1-2,6,12,16,24H,3-5,8-11H2,(H,25,27)(H,26,28). The highest BCUT2D eigenvalue weighted by Crippen LogP contribution is 2.60. The second-order valence-corrected chi connectivity index (χ2v) is 8.76. The lowest BCUT2D eigenvalue weighted by atomic mass is 9.44. The molecule has 3 N–H and O–H groups in total. The second kappa shape index (κ2) is 7.47. The van der Waals surface area contributed by atoms with Crippen molar-refractivity contribution in [3.63, 3.8) is 0 Å². The Hall–Kier alpha value is -2.37. The van der Waals surface area contributed by atoms with Gasteiger partial charge in [-0.15, -0.1) is 0 Å². The molecule has 2 unspecified atom stereocenters. The van der Waals surface area contributed by atoms with Crippen LogP contribution in [0.3, 0.4) is 0 Å². The highest BCUT2D eigenvalue weighted by molar-refractivity contribution is 6.30. The van der Waals surface area contributed by atoms with Crippen LogP contribution in [-0.4, -0.2) is 42.1 Å². The minimum absolute atomic E-state index is 0.00501. The fourth-order valence-electron chi connectivity index (χ4n) is 4.68. The smallest absolute Gasteiger partial charge is 0.258 e. The van der Waals surface area contributed by atoms with Crippen molar-refractivity contribution >= 4 is 23.4 Å². The third-order valence-electron chi connectivity index (χ3n) is 5.99. The summed E-state index contributed by atoms with van der Waals surface area (Å²) in [5.74, 6) is -0.808. The molecule has 0 aromatic heterocycles. The summed E-state index contributed by atoms with van der Waals surface area (Å²) in [4.78, 5) is 24.7. The zero-order valence-corrected chi connectivity index (χ0v) is 16.5. The number of hydrogen-bond acceptors (Lipinski definition) is 5. The Bertz CT molecular complexity index is 867. The lowest BCUT2D eigenvalue weighted by Gasteiger charge is -2.70. The third-order valence-corrected chi connectivity index (χ3v) is 6.29.